The van der Waals surface area contributed by atoms with Gasteiger partial charge in [-0.25, -0.2) is 0 Å². The molecule has 0 radical (unpaired) electrons. The highest BCUT2D eigenvalue weighted by Crippen LogP contribution is 2.48. The average molecular weight is 627 g/mol. The highest BCUT2D eigenvalue weighted by molar-refractivity contribution is 6.32. The summed E-state index contributed by atoms with van der Waals surface area (Å²) < 4.78 is 22.2. The molecule has 4 atom stereocenters. The summed E-state index contributed by atoms with van der Waals surface area (Å²) in [6.07, 6.45) is 10.3. The molecule has 4 heterocycles. The lowest BCUT2D eigenvalue weighted by Crippen LogP contribution is -2.51. The predicted molar refractivity (Wildman–Crippen MR) is 176 cm³/mol. The van der Waals surface area contributed by atoms with Gasteiger partial charge >= 0.3 is 0 Å². The third-order valence-electron chi connectivity index (χ3n) is 10.3. The molecule has 0 saturated carbocycles. The van der Waals surface area contributed by atoms with Crippen LogP contribution in [0, 0.1) is 11.8 Å². The number of ether oxygens (including phenoxy) is 4. The zero-order valence-electron chi connectivity index (χ0n) is 25.0. The molecule has 0 unspecified atom stereocenters. The number of hydrogen-bond donors (Lipinski definition) is 0. The standard InChI is InChI=1S/C17H20ClNO3.C17H23NO2.2CH4/c1-2-5-19-6-3-4-10-13(19)7-11-12(18)8-14-17(22-9-21-14)15(11)16(10)20;1-2-7-18-8-3-4-13-9-14-12(10-15(13)18)5-6-16-17(14)20-11-19-16;;/h8,10,13H,2-7,9H2,1H3;5-6,13,15H,2-4,7-11H2,1H3;2*1H4/t10-,13+;13-,15-;;/m01../s1. The number of carbonyl (C=O) groups is 1. The zero-order chi connectivity index (χ0) is 28.8. The second-order valence-corrected chi connectivity index (χ2v) is 13.1. The SMILES string of the molecule is C.C.CCCN1CCC[C@@H]2C(=O)c3c(c(Cl)cc4c3OCO4)C[C@H]21.CCCN1CCC[C@@H]2Cc3c(ccc4c3OCO4)C[C@H]21. The molecule has 2 aromatic carbocycles. The molecule has 0 aromatic heterocycles. The van der Waals surface area contributed by atoms with Crippen LogP contribution < -0.4 is 18.9 Å². The number of halogens is 1. The highest BCUT2D eigenvalue weighted by Gasteiger charge is 2.44. The lowest BCUT2D eigenvalue weighted by molar-refractivity contribution is 0.0583. The Bertz CT molecular complexity index is 1340. The lowest BCUT2D eigenvalue weighted by Gasteiger charge is -2.44. The van der Waals surface area contributed by atoms with Crippen molar-refractivity contribution in [2.75, 3.05) is 39.8 Å². The summed E-state index contributed by atoms with van der Waals surface area (Å²) in [6.45, 7) is 9.71. The number of ketones is 1. The number of likely N-dealkylation sites (tertiary alicyclic amines) is 2. The number of fused-ring (bicyclic) bond motifs is 8. The summed E-state index contributed by atoms with van der Waals surface area (Å²) in [4.78, 5) is 18.3. The molecule has 242 valence electrons. The van der Waals surface area contributed by atoms with Crippen molar-refractivity contribution in [3.8, 4) is 23.0 Å². The van der Waals surface area contributed by atoms with E-state index in [1.54, 1.807) is 6.07 Å². The molecule has 0 spiro atoms. The number of Topliss-reactive ketones (excluding diaryl/α,β-unsaturated/α-hetero) is 1. The fourth-order valence-electron chi connectivity index (χ4n) is 8.46. The Labute approximate surface area is 269 Å². The van der Waals surface area contributed by atoms with Crippen LogP contribution in [-0.2, 0) is 19.3 Å². The maximum absolute atomic E-state index is 13.1. The van der Waals surface area contributed by atoms with E-state index in [2.05, 4.69) is 35.8 Å². The van der Waals surface area contributed by atoms with Crippen molar-refractivity contribution in [2.45, 2.75) is 98.6 Å². The van der Waals surface area contributed by atoms with Crippen molar-refractivity contribution in [3.05, 3.63) is 45.5 Å². The van der Waals surface area contributed by atoms with Gasteiger partial charge in [-0.05, 0) is 107 Å². The van der Waals surface area contributed by atoms with E-state index < -0.39 is 0 Å². The third kappa shape index (κ3) is 5.80. The monoisotopic (exact) mass is 626 g/mol. The van der Waals surface area contributed by atoms with Crippen molar-refractivity contribution < 1.29 is 23.7 Å². The molecule has 6 aliphatic rings. The summed E-state index contributed by atoms with van der Waals surface area (Å²) in [5.74, 6) is 4.26. The predicted octanol–water partition coefficient (Wildman–Crippen LogP) is 7.57. The molecule has 7 nitrogen and oxygen atoms in total. The summed E-state index contributed by atoms with van der Waals surface area (Å²) in [5.41, 5.74) is 4.54. The van der Waals surface area contributed by atoms with E-state index >= 15 is 0 Å². The Morgan fingerprint density at radius 1 is 0.795 bits per heavy atom. The van der Waals surface area contributed by atoms with Gasteiger partial charge in [0.25, 0.3) is 0 Å². The molecule has 8 heteroatoms. The molecule has 4 aliphatic heterocycles. The van der Waals surface area contributed by atoms with Gasteiger partial charge in [0.1, 0.15) is 0 Å². The Hall–Kier alpha value is -2.48. The van der Waals surface area contributed by atoms with Crippen LogP contribution >= 0.6 is 11.6 Å². The third-order valence-corrected chi connectivity index (χ3v) is 10.6. The first-order chi connectivity index (χ1) is 20.6. The van der Waals surface area contributed by atoms with Crippen molar-refractivity contribution >= 4 is 17.4 Å². The molecule has 8 rings (SSSR count). The summed E-state index contributed by atoms with van der Waals surface area (Å²) in [6, 6.07) is 7.18. The first-order valence-corrected chi connectivity index (χ1v) is 16.5. The number of piperidine rings is 2. The second kappa shape index (κ2) is 13.9. The van der Waals surface area contributed by atoms with Gasteiger partial charge < -0.3 is 18.9 Å². The van der Waals surface area contributed by atoms with E-state index in [9.17, 15) is 4.79 Å². The molecular formula is C36H51ClN2O5. The van der Waals surface area contributed by atoms with Crippen LogP contribution in [0.3, 0.4) is 0 Å². The summed E-state index contributed by atoms with van der Waals surface area (Å²) in [5, 5.41) is 0.632. The van der Waals surface area contributed by atoms with E-state index in [-0.39, 0.29) is 39.4 Å². The molecule has 0 amide bonds. The molecule has 2 aromatic rings. The van der Waals surface area contributed by atoms with E-state index in [1.807, 2.05) is 0 Å². The van der Waals surface area contributed by atoms with E-state index in [1.165, 1.54) is 56.3 Å². The van der Waals surface area contributed by atoms with Gasteiger partial charge in [0.2, 0.25) is 13.6 Å². The van der Waals surface area contributed by atoms with Gasteiger partial charge in [-0.2, -0.15) is 0 Å². The molecular weight excluding hydrogens is 576 g/mol. The van der Waals surface area contributed by atoms with Crippen LogP contribution in [0.4, 0.5) is 0 Å². The Morgan fingerprint density at radius 3 is 2.23 bits per heavy atom. The topological polar surface area (TPSA) is 60.5 Å². The summed E-state index contributed by atoms with van der Waals surface area (Å²) in [7, 11) is 0. The summed E-state index contributed by atoms with van der Waals surface area (Å²) >= 11 is 6.44. The number of rotatable bonds is 4. The molecule has 0 bridgehead atoms. The van der Waals surface area contributed by atoms with Gasteiger partial charge in [0.15, 0.2) is 28.8 Å². The minimum absolute atomic E-state index is 0. The normalized spacial score (nSPS) is 26.1. The van der Waals surface area contributed by atoms with Crippen LogP contribution in [-0.4, -0.2) is 67.4 Å². The zero-order valence-corrected chi connectivity index (χ0v) is 25.7. The number of hydrogen-bond acceptors (Lipinski definition) is 7. The Balaban J connectivity index is 0.000000168. The Kier molecular flexibility index (Phi) is 10.4. The fourth-order valence-corrected chi connectivity index (χ4v) is 8.73. The van der Waals surface area contributed by atoms with Gasteiger partial charge in [-0.1, -0.05) is 46.4 Å². The van der Waals surface area contributed by atoms with Crippen LogP contribution in [0.2, 0.25) is 5.02 Å². The molecule has 44 heavy (non-hydrogen) atoms. The first kappa shape index (κ1) is 32.9. The largest absolute Gasteiger partial charge is 0.454 e. The van der Waals surface area contributed by atoms with Gasteiger partial charge in [-0.3, -0.25) is 14.6 Å². The van der Waals surface area contributed by atoms with Crippen molar-refractivity contribution in [2.24, 2.45) is 11.8 Å². The molecule has 0 N–H and O–H groups in total. The quantitative estimate of drug-likeness (QED) is 0.347. The maximum atomic E-state index is 13.1. The smallest absolute Gasteiger partial charge is 0.231 e. The minimum Gasteiger partial charge on any atom is -0.454 e. The van der Waals surface area contributed by atoms with Crippen LogP contribution in [0.5, 0.6) is 23.0 Å². The van der Waals surface area contributed by atoms with Crippen LogP contribution in [0.25, 0.3) is 0 Å². The van der Waals surface area contributed by atoms with E-state index in [4.69, 9.17) is 30.5 Å². The number of nitrogens with zero attached hydrogens (tertiary/aromatic N) is 2. The maximum Gasteiger partial charge on any atom is 0.231 e. The molecule has 2 aliphatic carbocycles. The number of carbonyl (C=O) groups excluding carboxylic acids is 1. The molecule has 2 saturated heterocycles. The van der Waals surface area contributed by atoms with E-state index in [0.29, 0.717) is 28.9 Å². The van der Waals surface area contributed by atoms with Crippen LogP contribution in [0.1, 0.15) is 94.3 Å². The minimum atomic E-state index is 0. The second-order valence-electron chi connectivity index (χ2n) is 12.7. The lowest BCUT2D eigenvalue weighted by atomic mass is 9.74. The number of benzene rings is 2. The van der Waals surface area contributed by atoms with Crippen molar-refractivity contribution in [1.82, 2.24) is 9.80 Å². The van der Waals surface area contributed by atoms with Crippen molar-refractivity contribution in [1.29, 1.82) is 0 Å². The van der Waals surface area contributed by atoms with Crippen molar-refractivity contribution in [3.63, 3.8) is 0 Å². The Morgan fingerprint density at radius 2 is 1.48 bits per heavy atom. The molecule has 2 fully saturated rings. The average Bonchev–Trinajstić information content (AvgIpc) is 3.68. The highest BCUT2D eigenvalue weighted by atomic mass is 35.5. The first-order valence-electron chi connectivity index (χ1n) is 16.1. The van der Waals surface area contributed by atoms with E-state index in [0.717, 1.165) is 67.8 Å². The van der Waals surface area contributed by atoms with Crippen LogP contribution in [0.15, 0.2) is 18.2 Å². The fraction of sp³-hybridized carbons (Fsp3) is 0.639. The van der Waals surface area contributed by atoms with Gasteiger partial charge in [0, 0.05) is 34.7 Å². The van der Waals surface area contributed by atoms with Gasteiger partial charge in [0.05, 0.1) is 5.56 Å². The van der Waals surface area contributed by atoms with Gasteiger partial charge in [-0.15, -0.1) is 0 Å².